The normalized spacial score (nSPS) is 11.6. The van der Waals surface area contributed by atoms with Gasteiger partial charge in [0.25, 0.3) is 0 Å². The van der Waals surface area contributed by atoms with E-state index < -0.39 is 6.10 Å². The second-order valence-corrected chi connectivity index (χ2v) is 18.5. The zero-order chi connectivity index (χ0) is 45.8. The van der Waals surface area contributed by atoms with Crippen LogP contribution in [0.25, 0.3) is 0 Å². The van der Waals surface area contributed by atoms with E-state index in [1.807, 2.05) is 0 Å². The van der Waals surface area contributed by atoms with E-state index in [9.17, 15) is 14.4 Å². The van der Waals surface area contributed by atoms with Crippen LogP contribution in [0.15, 0.2) is 36.5 Å². The second kappa shape index (κ2) is 56.2. The minimum Gasteiger partial charge on any atom is -0.462 e. The van der Waals surface area contributed by atoms with Gasteiger partial charge in [0.1, 0.15) is 13.2 Å². The van der Waals surface area contributed by atoms with Crippen LogP contribution in [0.2, 0.25) is 0 Å². The van der Waals surface area contributed by atoms with Gasteiger partial charge < -0.3 is 14.2 Å². The Morgan fingerprint density at radius 1 is 0.312 bits per heavy atom. The molecule has 64 heavy (non-hydrogen) atoms. The van der Waals surface area contributed by atoms with Gasteiger partial charge in [0.2, 0.25) is 0 Å². The van der Waals surface area contributed by atoms with Gasteiger partial charge in [0.15, 0.2) is 6.10 Å². The van der Waals surface area contributed by atoms with Crippen molar-refractivity contribution in [1.82, 2.24) is 0 Å². The van der Waals surface area contributed by atoms with E-state index in [-0.39, 0.29) is 68.9 Å². The predicted octanol–water partition coefficient (Wildman–Crippen LogP) is 17.7. The third-order valence-corrected chi connectivity index (χ3v) is 12.1. The molecule has 6 nitrogen and oxygen atoms in total. The van der Waals surface area contributed by atoms with Crippen molar-refractivity contribution in [2.75, 3.05) is 13.2 Å². The molecule has 0 aliphatic rings. The molecule has 0 amide bonds. The molecule has 0 rings (SSSR count). The summed E-state index contributed by atoms with van der Waals surface area (Å²) in [4.78, 5) is 38.0. The van der Waals surface area contributed by atoms with Crippen molar-refractivity contribution in [2.45, 2.75) is 297 Å². The molecule has 0 bridgehead atoms. The van der Waals surface area contributed by atoms with Crippen LogP contribution in [0.1, 0.15) is 290 Å². The van der Waals surface area contributed by atoms with Gasteiger partial charge in [-0.25, -0.2) is 0 Å². The van der Waals surface area contributed by atoms with E-state index in [4.69, 9.17) is 14.2 Å². The van der Waals surface area contributed by atoms with Crippen molar-refractivity contribution in [3.8, 4) is 0 Å². The Morgan fingerprint density at radius 2 is 0.531 bits per heavy atom. The van der Waals surface area contributed by atoms with Crippen LogP contribution < -0.4 is 0 Å². The SMILES string of the molecule is CCCCCCCC/C=C\CCCCCCCC(=O)OCC(COC(=O)CCCCCCC/C=C\CCCCCCCC)OC(=O)CCCCCCC/C=C\CCCCCCCC.[Ca]. The number of esters is 3. The number of unbranched alkanes of at least 4 members (excludes halogenated alkanes) is 33. The molecule has 2 radical (unpaired) electrons. The quantitative estimate of drug-likeness (QED) is 0.0199. The molecule has 0 unspecified atom stereocenters. The molecule has 0 aromatic rings. The van der Waals surface area contributed by atoms with Gasteiger partial charge in [-0.3, -0.25) is 14.4 Å². The first kappa shape index (κ1) is 65.0. The number of ether oxygens (including phenoxy) is 3. The fourth-order valence-electron chi connectivity index (χ4n) is 7.90. The molecule has 0 aliphatic carbocycles. The van der Waals surface area contributed by atoms with Gasteiger partial charge in [-0.2, -0.15) is 0 Å². The molecular weight excluding hydrogens is 821 g/mol. The minimum absolute atomic E-state index is 0. The van der Waals surface area contributed by atoms with Gasteiger partial charge in [-0.1, -0.05) is 211 Å². The van der Waals surface area contributed by atoms with Crippen molar-refractivity contribution in [3.63, 3.8) is 0 Å². The van der Waals surface area contributed by atoms with Crippen molar-refractivity contribution in [3.05, 3.63) is 36.5 Å². The summed E-state index contributed by atoms with van der Waals surface area (Å²) in [5.74, 6) is -0.893. The monoisotopic (exact) mass is 925 g/mol. The molecule has 7 heteroatoms. The van der Waals surface area contributed by atoms with Gasteiger partial charge in [0.05, 0.1) is 0 Å². The average molecular weight is 926 g/mol. The molecule has 0 saturated carbocycles. The van der Waals surface area contributed by atoms with E-state index in [0.717, 1.165) is 77.0 Å². The van der Waals surface area contributed by atoms with Crippen LogP contribution in [-0.2, 0) is 28.6 Å². The van der Waals surface area contributed by atoms with Crippen LogP contribution in [-0.4, -0.2) is 75.0 Å². The van der Waals surface area contributed by atoms with Crippen molar-refractivity contribution in [1.29, 1.82) is 0 Å². The van der Waals surface area contributed by atoms with Crippen LogP contribution in [0.3, 0.4) is 0 Å². The molecule has 0 atom stereocenters. The Hall–Kier alpha value is -1.11. The maximum Gasteiger partial charge on any atom is 0.306 e. The van der Waals surface area contributed by atoms with E-state index in [0.29, 0.717) is 19.3 Å². The molecule has 0 heterocycles. The largest absolute Gasteiger partial charge is 0.462 e. The molecule has 0 N–H and O–H groups in total. The fourth-order valence-corrected chi connectivity index (χ4v) is 7.90. The predicted molar refractivity (Wildman–Crippen MR) is 276 cm³/mol. The Kier molecular flexibility index (Phi) is 57.1. The molecule has 0 spiro atoms. The Balaban J connectivity index is 0. The van der Waals surface area contributed by atoms with Crippen molar-refractivity contribution in [2.24, 2.45) is 0 Å². The summed E-state index contributed by atoms with van der Waals surface area (Å²) in [7, 11) is 0. The Labute approximate surface area is 427 Å². The first-order valence-corrected chi connectivity index (χ1v) is 27.5. The molecule has 0 aromatic carbocycles. The smallest absolute Gasteiger partial charge is 0.306 e. The molecular formula is C57H104CaO6. The maximum absolute atomic E-state index is 12.8. The maximum atomic E-state index is 12.8. The van der Waals surface area contributed by atoms with Crippen LogP contribution >= 0.6 is 0 Å². The molecule has 370 valence electrons. The first-order valence-electron chi connectivity index (χ1n) is 27.5. The first-order chi connectivity index (χ1) is 31.0. The summed E-state index contributed by atoms with van der Waals surface area (Å²) in [6.45, 7) is 6.63. The van der Waals surface area contributed by atoms with E-state index in [1.165, 1.54) is 173 Å². The molecule has 0 aromatic heterocycles. The standard InChI is InChI=1S/C57H104O6.Ca/c1-4-7-10-13-16-19-22-25-28-31-34-37-40-43-46-49-55(58)61-52-54(63-57(60)51-48-45-42-39-36-33-30-27-24-21-18-15-12-9-6-3)53-62-56(59)50-47-44-41-38-35-32-29-26-23-20-17-14-11-8-5-2;/h25-30,54H,4-24,31-53H2,1-3H3;/b28-25-,29-26-,30-27-;. The molecule has 0 fully saturated rings. The summed E-state index contributed by atoms with van der Waals surface area (Å²) in [6, 6.07) is 0. The number of carbonyl (C=O) groups is 3. The zero-order valence-electron chi connectivity index (χ0n) is 42.8. The number of allylic oxidation sites excluding steroid dienone is 6. The summed E-state index contributed by atoms with van der Waals surface area (Å²) >= 11 is 0. The molecule has 0 saturated heterocycles. The Bertz CT molecular complexity index is 1010. The van der Waals surface area contributed by atoms with Crippen molar-refractivity contribution < 1.29 is 28.6 Å². The van der Waals surface area contributed by atoms with Crippen molar-refractivity contribution >= 4 is 55.6 Å². The minimum atomic E-state index is -0.781. The summed E-state index contributed by atoms with van der Waals surface area (Å²) in [5.41, 5.74) is 0. The number of carbonyl (C=O) groups excluding carboxylic acids is 3. The number of hydrogen-bond donors (Lipinski definition) is 0. The van der Waals surface area contributed by atoms with Crippen LogP contribution in [0.5, 0.6) is 0 Å². The Morgan fingerprint density at radius 3 is 0.797 bits per heavy atom. The molecule has 0 aliphatic heterocycles. The van der Waals surface area contributed by atoms with Crippen LogP contribution in [0.4, 0.5) is 0 Å². The van der Waals surface area contributed by atoms with Gasteiger partial charge in [-0.15, -0.1) is 0 Å². The zero-order valence-corrected chi connectivity index (χ0v) is 45.0. The van der Waals surface area contributed by atoms with Gasteiger partial charge in [0, 0.05) is 57.0 Å². The number of rotatable bonds is 50. The third kappa shape index (κ3) is 53.5. The summed E-state index contributed by atoms with van der Waals surface area (Å²) in [6.07, 6.45) is 61.2. The third-order valence-electron chi connectivity index (χ3n) is 12.1. The summed E-state index contributed by atoms with van der Waals surface area (Å²) in [5, 5.41) is 0. The van der Waals surface area contributed by atoms with Crippen LogP contribution in [0, 0.1) is 0 Å². The van der Waals surface area contributed by atoms with E-state index >= 15 is 0 Å². The topological polar surface area (TPSA) is 78.9 Å². The number of hydrogen-bond acceptors (Lipinski definition) is 6. The van der Waals surface area contributed by atoms with Gasteiger partial charge >= 0.3 is 17.9 Å². The van der Waals surface area contributed by atoms with Gasteiger partial charge in [-0.05, 0) is 96.3 Å². The summed E-state index contributed by atoms with van der Waals surface area (Å²) < 4.78 is 16.8. The van der Waals surface area contributed by atoms with E-state index in [2.05, 4.69) is 57.2 Å². The fraction of sp³-hybridized carbons (Fsp3) is 0.842. The van der Waals surface area contributed by atoms with E-state index in [1.54, 1.807) is 0 Å². The second-order valence-electron chi connectivity index (χ2n) is 18.5. The average Bonchev–Trinajstić information content (AvgIpc) is 3.28.